The van der Waals surface area contributed by atoms with Gasteiger partial charge >= 0.3 is 0 Å². The third-order valence-corrected chi connectivity index (χ3v) is 4.34. The van der Waals surface area contributed by atoms with Crippen LogP contribution >= 0.6 is 11.8 Å². The van der Waals surface area contributed by atoms with E-state index in [0.717, 1.165) is 38.8 Å². The van der Waals surface area contributed by atoms with Crippen molar-refractivity contribution in [1.29, 1.82) is 0 Å². The van der Waals surface area contributed by atoms with Gasteiger partial charge in [-0.05, 0) is 18.6 Å². The van der Waals surface area contributed by atoms with Crippen molar-refractivity contribution >= 4 is 11.8 Å². The molecule has 0 aromatic carbocycles. The molecule has 1 saturated heterocycles. The van der Waals surface area contributed by atoms with Crippen LogP contribution in [0.2, 0.25) is 0 Å². The molecular formula is C14H29NO2S. The van der Waals surface area contributed by atoms with E-state index in [0.29, 0.717) is 6.10 Å². The van der Waals surface area contributed by atoms with Crippen LogP contribution in [0.3, 0.4) is 0 Å². The zero-order valence-electron chi connectivity index (χ0n) is 12.0. The Morgan fingerprint density at radius 3 is 2.67 bits per heavy atom. The van der Waals surface area contributed by atoms with Gasteiger partial charge in [0.25, 0.3) is 0 Å². The maximum Gasteiger partial charge on any atom is 0.0995 e. The number of rotatable bonds is 10. The fraction of sp³-hybridized carbons (Fsp3) is 1.00. The van der Waals surface area contributed by atoms with Crippen LogP contribution in [0, 0.1) is 0 Å². The Morgan fingerprint density at radius 1 is 1.22 bits per heavy atom. The summed E-state index contributed by atoms with van der Waals surface area (Å²) in [6, 6.07) is 0. The Hall–Kier alpha value is 0.230. The van der Waals surface area contributed by atoms with Crippen molar-refractivity contribution < 1.29 is 9.47 Å². The number of unbranched alkanes of at least 4 members (excludes halogenated alkanes) is 1. The minimum absolute atomic E-state index is 0.430. The Balaban J connectivity index is 2.11. The molecule has 0 saturated carbocycles. The summed E-state index contributed by atoms with van der Waals surface area (Å²) in [7, 11) is 0. The van der Waals surface area contributed by atoms with E-state index in [1.807, 2.05) is 11.8 Å². The maximum atomic E-state index is 6.05. The van der Waals surface area contributed by atoms with Gasteiger partial charge < -0.3 is 9.47 Å². The largest absolute Gasteiger partial charge is 0.379 e. The summed E-state index contributed by atoms with van der Waals surface area (Å²) >= 11 is 2.04. The summed E-state index contributed by atoms with van der Waals surface area (Å²) in [6.07, 6.45) is 5.44. The van der Waals surface area contributed by atoms with E-state index >= 15 is 0 Å². The van der Waals surface area contributed by atoms with Crippen LogP contribution in [-0.4, -0.2) is 55.5 Å². The number of morpholine rings is 1. The van der Waals surface area contributed by atoms with Gasteiger partial charge in [0.2, 0.25) is 0 Å². The predicted octanol–water partition coefficient (Wildman–Crippen LogP) is 2.99. The molecule has 4 heteroatoms. The van der Waals surface area contributed by atoms with Crippen LogP contribution in [-0.2, 0) is 9.47 Å². The summed E-state index contributed by atoms with van der Waals surface area (Å²) in [6.45, 7) is 9.01. The highest BCUT2D eigenvalue weighted by Gasteiger charge is 2.13. The van der Waals surface area contributed by atoms with E-state index in [1.54, 1.807) is 0 Å². The quantitative estimate of drug-likeness (QED) is 0.571. The van der Waals surface area contributed by atoms with Gasteiger partial charge in [0, 0.05) is 18.8 Å². The molecule has 0 N–H and O–H groups in total. The first-order valence-corrected chi connectivity index (χ1v) is 8.51. The van der Waals surface area contributed by atoms with Gasteiger partial charge in [-0.15, -0.1) is 0 Å². The van der Waals surface area contributed by atoms with Crippen LogP contribution in [0.15, 0.2) is 0 Å². The highest BCUT2D eigenvalue weighted by Crippen LogP contribution is 2.13. The third-order valence-electron chi connectivity index (χ3n) is 3.15. The molecule has 1 unspecified atom stereocenters. The first kappa shape index (κ1) is 16.3. The standard InChI is InChI=1S/C14H29NO2S/c1-3-5-11-18-12-14(6-4-2)17-13-15-7-9-16-10-8-15/h14H,3-13H2,1-2H3. The van der Waals surface area contributed by atoms with E-state index < -0.39 is 0 Å². The van der Waals surface area contributed by atoms with Gasteiger partial charge in [-0.2, -0.15) is 11.8 Å². The minimum Gasteiger partial charge on any atom is -0.379 e. The van der Waals surface area contributed by atoms with Gasteiger partial charge in [0.1, 0.15) is 0 Å². The predicted molar refractivity (Wildman–Crippen MR) is 79.3 cm³/mol. The Bertz CT molecular complexity index is 187. The molecule has 108 valence electrons. The van der Waals surface area contributed by atoms with E-state index in [4.69, 9.17) is 9.47 Å². The second-order valence-corrected chi connectivity index (χ2v) is 6.02. The fourth-order valence-electron chi connectivity index (χ4n) is 1.94. The van der Waals surface area contributed by atoms with Crippen molar-refractivity contribution in [2.75, 3.05) is 44.5 Å². The molecule has 0 amide bonds. The van der Waals surface area contributed by atoms with E-state index in [2.05, 4.69) is 18.7 Å². The molecule has 18 heavy (non-hydrogen) atoms. The summed E-state index contributed by atoms with van der Waals surface area (Å²) < 4.78 is 11.4. The van der Waals surface area contributed by atoms with Crippen LogP contribution in [0.5, 0.6) is 0 Å². The molecule has 0 spiro atoms. The molecule has 3 nitrogen and oxygen atoms in total. The number of ether oxygens (including phenoxy) is 2. The van der Waals surface area contributed by atoms with Crippen LogP contribution in [0.1, 0.15) is 39.5 Å². The zero-order chi connectivity index (χ0) is 13.1. The average Bonchev–Trinajstić information content (AvgIpc) is 2.42. The maximum absolute atomic E-state index is 6.05. The van der Waals surface area contributed by atoms with Crippen LogP contribution in [0.4, 0.5) is 0 Å². The van der Waals surface area contributed by atoms with Crippen LogP contribution < -0.4 is 0 Å². The van der Waals surface area contributed by atoms with Crippen molar-refractivity contribution in [3.8, 4) is 0 Å². The summed E-state index contributed by atoms with van der Waals surface area (Å²) in [5.41, 5.74) is 0. The topological polar surface area (TPSA) is 21.7 Å². The molecule has 0 aromatic heterocycles. The number of thioether (sulfide) groups is 1. The lowest BCUT2D eigenvalue weighted by Crippen LogP contribution is -2.39. The molecule has 0 aliphatic carbocycles. The number of hydrogen-bond donors (Lipinski definition) is 0. The number of hydrogen-bond acceptors (Lipinski definition) is 4. The highest BCUT2D eigenvalue weighted by molar-refractivity contribution is 7.99. The molecule has 1 aliphatic heterocycles. The van der Waals surface area contributed by atoms with Crippen LogP contribution in [0.25, 0.3) is 0 Å². The molecule has 1 aliphatic rings. The molecule has 1 fully saturated rings. The summed E-state index contributed by atoms with van der Waals surface area (Å²) in [5, 5.41) is 0. The van der Waals surface area contributed by atoms with Gasteiger partial charge in [-0.3, -0.25) is 4.90 Å². The zero-order valence-corrected chi connectivity index (χ0v) is 12.8. The Labute approximate surface area is 117 Å². The van der Waals surface area contributed by atoms with Crippen molar-refractivity contribution in [3.63, 3.8) is 0 Å². The van der Waals surface area contributed by atoms with Gasteiger partial charge in [-0.25, -0.2) is 0 Å². The van der Waals surface area contributed by atoms with Crippen molar-refractivity contribution in [2.45, 2.75) is 45.6 Å². The first-order valence-electron chi connectivity index (χ1n) is 7.36. The molecule has 1 atom stereocenters. The van der Waals surface area contributed by atoms with E-state index in [-0.39, 0.29) is 0 Å². The molecule has 0 bridgehead atoms. The number of nitrogens with zero attached hydrogens (tertiary/aromatic N) is 1. The van der Waals surface area contributed by atoms with Crippen molar-refractivity contribution in [1.82, 2.24) is 4.90 Å². The summed E-state index contributed by atoms with van der Waals surface area (Å²) in [4.78, 5) is 2.35. The SMILES string of the molecule is CCCCSCC(CCC)OCN1CCOCC1. The van der Waals surface area contributed by atoms with Gasteiger partial charge in [-0.1, -0.05) is 26.7 Å². The third kappa shape index (κ3) is 7.62. The minimum atomic E-state index is 0.430. The Kier molecular flexibility index (Phi) is 10.0. The van der Waals surface area contributed by atoms with Crippen molar-refractivity contribution in [3.05, 3.63) is 0 Å². The average molecular weight is 275 g/mol. The molecule has 0 aromatic rings. The second-order valence-electron chi connectivity index (χ2n) is 4.87. The summed E-state index contributed by atoms with van der Waals surface area (Å²) in [5.74, 6) is 2.43. The highest BCUT2D eigenvalue weighted by atomic mass is 32.2. The first-order chi connectivity index (χ1) is 8.86. The normalized spacial score (nSPS) is 19.0. The van der Waals surface area contributed by atoms with E-state index in [1.165, 1.54) is 31.4 Å². The van der Waals surface area contributed by atoms with E-state index in [9.17, 15) is 0 Å². The molecule has 1 heterocycles. The Morgan fingerprint density at radius 2 is 2.00 bits per heavy atom. The van der Waals surface area contributed by atoms with Gasteiger partial charge in [0.15, 0.2) is 0 Å². The van der Waals surface area contributed by atoms with Gasteiger partial charge in [0.05, 0.1) is 26.0 Å². The lowest BCUT2D eigenvalue weighted by molar-refractivity contribution is -0.0562. The lowest BCUT2D eigenvalue weighted by Gasteiger charge is -2.28. The molecule has 0 radical (unpaired) electrons. The molecular weight excluding hydrogens is 246 g/mol. The lowest BCUT2D eigenvalue weighted by atomic mass is 10.2. The molecule has 1 rings (SSSR count). The smallest absolute Gasteiger partial charge is 0.0995 e. The monoisotopic (exact) mass is 275 g/mol. The van der Waals surface area contributed by atoms with Crippen molar-refractivity contribution in [2.24, 2.45) is 0 Å². The fourth-order valence-corrected chi connectivity index (χ4v) is 3.12. The second kappa shape index (κ2) is 11.1.